The molecule has 0 bridgehead atoms. The molecule has 5 heteroatoms. The molecule has 0 aliphatic heterocycles. The van der Waals surface area contributed by atoms with Crippen molar-refractivity contribution >= 4 is 33.2 Å². The van der Waals surface area contributed by atoms with Gasteiger partial charge < -0.3 is 5.32 Å². The molecule has 1 aromatic rings. The van der Waals surface area contributed by atoms with Gasteiger partial charge in [0.1, 0.15) is 0 Å². The first-order chi connectivity index (χ1) is 9.11. The van der Waals surface area contributed by atoms with E-state index in [1.807, 2.05) is 37.3 Å². The molecule has 0 fully saturated rings. The van der Waals surface area contributed by atoms with Gasteiger partial charge >= 0.3 is 0 Å². The van der Waals surface area contributed by atoms with E-state index >= 15 is 0 Å². The van der Waals surface area contributed by atoms with E-state index in [1.54, 1.807) is 0 Å². The number of allylic oxidation sites excluding steroid dienone is 1. The highest BCUT2D eigenvalue weighted by atomic mass is 79.9. The molecule has 0 atom stereocenters. The van der Waals surface area contributed by atoms with Gasteiger partial charge in [-0.05, 0) is 38.0 Å². The predicted molar refractivity (Wildman–Crippen MR) is 83.3 cm³/mol. The Kier molecular flexibility index (Phi) is 6.89. The van der Waals surface area contributed by atoms with Gasteiger partial charge in [0.05, 0.1) is 6.54 Å². The average molecular weight is 324 g/mol. The van der Waals surface area contributed by atoms with Gasteiger partial charge in [0.25, 0.3) is 5.91 Å². The second-order valence-electron chi connectivity index (χ2n) is 4.07. The summed E-state index contributed by atoms with van der Waals surface area (Å²) < 4.78 is 0.969. The van der Waals surface area contributed by atoms with Gasteiger partial charge in [-0.3, -0.25) is 4.79 Å². The maximum Gasteiger partial charge on any atom is 0.259 e. The van der Waals surface area contributed by atoms with Crippen molar-refractivity contribution in [1.82, 2.24) is 5.43 Å². The largest absolute Gasteiger partial charge is 0.376 e. The number of hydrogen-bond acceptors (Lipinski definition) is 3. The number of nitrogens with one attached hydrogen (secondary N) is 2. The zero-order chi connectivity index (χ0) is 14.1. The number of benzene rings is 1. The minimum Gasteiger partial charge on any atom is -0.376 e. The minimum atomic E-state index is -0.169. The first-order valence-electron chi connectivity index (χ1n) is 6.04. The van der Waals surface area contributed by atoms with E-state index in [4.69, 9.17) is 0 Å². The zero-order valence-corrected chi connectivity index (χ0v) is 12.5. The smallest absolute Gasteiger partial charge is 0.259 e. The molecule has 1 rings (SSSR count). The summed E-state index contributed by atoms with van der Waals surface area (Å²) in [6.07, 6.45) is 3.50. The van der Waals surface area contributed by atoms with Crippen LogP contribution in [0.5, 0.6) is 0 Å². The third-order valence-corrected chi connectivity index (χ3v) is 2.85. The Morgan fingerprint density at radius 2 is 2.32 bits per heavy atom. The van der Waals surface area contributed by atoms with Crippen LogP contribution < -0.4 is 10.7 Å². The Balaban J connectivity index is 2.33. The lowest BCUT2D eigenvalue weighted by atomic mass is 10.2. The van der Waals surface area contributed by atoms with Gasteiger partial charge in [-0.2, -0.15) is 5.10 Å². The summed E-state index contributed by atoms with van der Waals surface area (Å²) in [4.78, 5) is 11.6. The second-order valence-corrected chi connectivity index (χ2v) is 4.99. The van der Waals surface area contributed by atoms with Gasteiger partial charge in [-0.25, -0.2) is 5.43 Å². The Labute approximate surface area is 122 Å². The molecule has 0 spiro atoms. The molecule has 0 unspecified atom stereocenters. The van der Waals surface area contributed by atoms with Crippen molar-refractivity contribution in [3.05, 3.63) is 41.4 Å². The van der Waals surface area contributed by atoms with Crippen LogP contribution in [0.15, 0.2) is 46.5 Å². The summed E-state index contributed by atoms with van der Waals surface area (Å²) in [6, 6.07) is 7.64. The van der Waals surface area contributed by atoms with Gasteiger partial charge in [-0.15, -0.1) is 6.58 Å². The fourth-order valence-electron chi connectivity index (χ4n) is 1.34. The Morgan fingerprint density at radius 3 is 3.00 bits per heavy atom. The lowest BCUT2D eigenvalue weighted by molar-refractivity contribution is -0.119. The van der Waals surface area contributed by atoms with Crippen LogP contribution in [0.2, 0.25) is 0 Å². The molecule has 0 radical (unpaired) electrons. The SMILES string of the molecule is C=CCC/C(C)=N/NC(=O)CNc1cccc(Br)c1. The summed E-state index contributed by atoms with van der Waals surface area (Å²) in [6.45, 7) is 5.71. The van der Waals surface area contributed by atoms with Crippen molar-refractivity contribution in [1.29, 1.82) is 0 Å². The third-order valence-electron chi connectivity index (χ3n) is 2.36. The van der Waals surface area contributed by atoms with Crippen LogP contribution in [0.25, 0.3) is 0 Å². The van der Waals surface area contributed by atoms with Crippen molar-refractivity contribution in [3.63, 3.8) is 0 Å². The minimum absolute atomic E-state index is 0.169. The molecule has 0 aliphatic rings. The van der Waals surface area contributed by atoms with Crippen LogP contribution in [0.1, 0.15) is 19.8 Å². The van der Waals surface area contributed by atoms with Crippen LogP contribution >= 0.6 is 15.9 Å². The molecule has 0 aliphatic carbocycles. The summed E-state index contributed by atoms with van der Waals surface area (Å²) in [5.41, 5.74) is 4.29. The number of rotatable bonds is 7. The van der Waals surface area contributed by atoms with Crippen LogP contribution in [-0.4, -0.2) is 18.2 Å². The highest BCUT2D eigenvalue weighted by molar-refractivity contribution is 9.10. The molecule has 2 N–H and O–H groups in total. The predicted octanol–water partition coefficient (Wildman–Crippen LogP) is 3.32. The number of carbonyl (C=O) groups excluding carboxylic acids is 1. The maximum atomic E-state index is 11.6. The van der Waals surface area contributed by atoms with E-state index in [9.17, 15) is 4.79 Å². The number of carbonyl (C=O) groups is 1. The van der Waals surface area contributed by atoms with E-state index in [1.165, 1.54) is 0 Å². The second kappa shape index (κ2) is 8.48. The number of hydrazone groups is 1. The average Bonchev–Trinajstić information content (AvgIpc) is 2.40. The van der Waals surface area contributed by atoms with Crippen molar-refractivity contribution in [2.75, 3.05) is 11.9 Å². The number of hydrogen-bond donors (Lipinski definition) is 2. The summed E-state index contributed by atoms with van der Waals surface area (Å²) in [5.74, 6) is -0.169. The molecular formula is C14H18BrN3O. The normalized spacial score (nSPS) is 10.9. The summed E-state index contributed by atoms with van der Waals surface area (Å²) in [7, 11) is 0. The molecule has 102 valence electrons. The molecule has 4 nitrogen and oxygen atoms in total. The molecule has 0 heterocycles. The quantitative estimate of drug-likeness (QED) is 0.459. The van der Waals surface area contributed by atoms with E-state index in [-0.39, 0.29) is 12.5 Å². The molecular weight excluding hydrogens is 306 g/mol. The van der Waals surface area contributed by atoms with Gasteiger partial charge in [0.15, 0.2) is 0 Å². The van der Waals surface area contributed by atoms with Crippen molar-refractivity contribution in [2.24, 2.45) is 5.10 Å². The van der Waals surface area contributed by atoms with Crippen LogP contribution in [0.4, 0.5) is 5.69 Å². The van der Waals surface area contributed by atoms with Crippen molar-refractivity contribution < 1.29 is 4.79 Å². The number of halogens is 1. The lowest BCUT2D eigenvalue weighted by Gasteiger charge is -2.06. The maximum absolute atomic E-state index is 11.6. The van der Waals surface area contributed by atoms with Gasteiger partial charge in [0.2, 0.25) is 0 Å². The lowest BCUT2D eigenvalue weighted by Crippen LogP contribution is -2.26. The fourth-order valence-corrected chi connectivity index (χ4v) is 1.74. The van der Waals surface area contributed by atoms with Gasteiger partial charge in [-0.1, -0.05) is 28.1 Å². The van der Waals surface area contributed by atoms with Crippen molar-refractivity contribution in [3.8, 4) is 0 Å². The zero-order valence-electron chi connectivity index (χ0n) is 10.9. The van der Waals surface area contributed by atoms with E-state index < -0.39 is 0 Å². The highest BCUT2D eigenvalue weighted by Gasteiger charge is 2.00. The molecule has 0 saturated carbocycles. The molecule has 0 saturated heterocycles. The van der Waals surface area contributed by atoms with Crippen LogP contribution in [-0.2, 0) is 4.79 Å². The van der Waals surface area contributed by atoms with Crippen LogP contribution in [0.3, 0.4) is 0 Å². The Bertz CT molecular complexity index is 472. The standard InChI is InChI=1S/C14H18BrN3O/c1-3-4-6-11(2)17-18-14(19)10-16-13-8-5-7-12(15)9-13/h3,5,7-9,16H,1,4,6,10H2,2H3,(H,18,19)/b17-11+. The number of amides is 1. The molecule has 0 aromatic heterocycles. The summed E-state index contributed by atoms with van der Waals surface area (Å²) in [5, 5.41) is 7.04. The Morgan fingerprint density at radius 1 is 1.53 bits per heavy atom. The van der Waals surface area contributed by atoms with Crippen LogP contribution in [0, 0.1) is 0 Å². The Hall–Kier alpha value is -1.62. The third kappa shape index (κ3) is 6.76. The van der Waals surface area contributed by atoms with E-state index in [0.717, 1.165) is 28.7 Å². The number of anilines is 1. The highest BCUT2D eigenvalue weighted by Crippen LogP contribution is 2.15. The molecule has 1 aromatic carbocycles. The first-order valence-corrected chi connectivity index (χ1v) is 6.83. The fraction of sp³-hybridized carbons (Fsp3) is 0.286. The number of nitrogens with zero attached hydrogens (tertiary/aromatic N) is 1. The summed E-state index contributed by atoms with van der Waals surface area (Å²) >= 11 is 3.37. The molecule has 19 heavy (non-hydrogen) atoms. The monoisotopic (exact) mass is 323 g/mol. The van der Waals surface area contributed by atoms with E-state index in [2.05, 4.69) is 38.4 Å². The van der Waals surface area contributed by atoms with E-state index in [0.29, 0.717) is 0 Å². The topological polar surface area (TPSA) is 53.5 Å². The van der Waals surface area contributed by atoms with Gasteiger partial charge in [0, 0.05) is 15.9 Å². The molecule has 1 amide bonds. The van der Waals surface area contributed by atoms with Crippen molar-refractivity contribution in [2.45, 2.75) is 19.8 Å². The first kappa shape index (κ1) is 15.4.